The van der Waals surface area contributed by atoms with Gasteiger partial charge in [0.15, 0.2) is 0 Å². The predicted molar refractivity (Wildman–Crippen MR) is 243 cm³/mol. The van der Waals surface area contributed by atoms with E-state index in [0.717, 1.165) is 109 Å². The second-order valence-corrected chi connectivity index (χ2v) is 15.4. The Morgan fingerprint density at radius 2 is 1.02 bits per heavy atom. The lowest BCUT2D eigenvalue weighted by Crippen LogP contribution is -2.40. The van der Waals surface area contributed by atoms with Gasteiger partial charge in [0, 0.05) is 12.8 Å². The maximum absolute atomic E-state index is 12.8. The van der Waals surface area contributed by atoms with Crippen molar-refractivity contribution in [3.63, 3.8) is 0 Å². The second kappa shape index (κ2) is 43.9. The van der Waals surface area contributed by atoms with Crippen molar-refractivity contribution < 1.29 is 24.2 Å². The van der Waals surface area contributed by atoms with Gasteiger partial charge in [0.25, 0.3) is 0 Å². The third kappa shape index (κ3) is 40.8. The van der Waals surface area contributed by atoms with Crippen LogP contribution in [0.4, 0.5) is 0 Å². The number of ether oxygens (including phenoxy) is 1. The minimum absolute atomic E-state index is 0.0780. The van der Waals surface area contributed by atoms with Crippen LogP contribution in [-0.2, 0) is 19.1 Å². The maximum Gasteiger partial charge on any atom is 0.326 e. The molecule has 7 heteroatoms. The molecule has 0 rings (SSSR count). The molecular formula is C50H86N2O5. The van der Waals surface area contributed by atoms with Crippen molar-refractivity contribution in [2.45, 2.75) is 219 Å². The van der Waals surface area contributed by atoms with Gasteiger partial charge < -0.3 is 20.9 Å². The average molecular weight is 795 g/mol. The molecule has 0 aromatic heterocycles. The van der Waals surface area contributed by atoms with Crippen molar-refractivity contribution in [1.82, 2.24) is 5.32 Å². The molecule has 7 nitrogen and oxygen atoms in total. The number of aliphatic carboxylic acids is 1. The van der Waals surface area contributed by atoms with Gasteiger partial charge in [-0.15, -0.1) is 0 Å². The van der Waals surface area contributed by atoms with Crippen molar-refractivity contribution in [1.29, 1.82) is 0 Å². The first kappa shape index (κ1) is 53.8. The average Bonchev–Trinajstić information content (AvgIpc) is 3.20. The Labute approximate surface area is 350 Å². The molecule has 326 valence electrons. The number of carboxylic acid groups (broad SMARTS) is 1. The number of rotatable bonds is 41. The Balaban J connectivity index is 4.28. The van der Waals surface area contributed by atoms with E-state index in [2.05, 4.69) is 92.1 Å². The van der Waals surface area contributed by atoms with Crippen LogP contribution < -0.4 is 11.1 Å². The van der Waals surface area contributed by atoms with Crippen LogP contribution in [0.5, 0.6) is 0 Å². The number of esters is 1. The zero-order valence-electron chi connectivity index (χ0n) is 36.7. The van der Waals surface area contributed by atoms with E-state index in [0.29, 0.717) is 32.2 Å². The molecule has 0 saturated heterocycles. The minimum Gasteiger partial charge on any atom is -0.480 e. The predicted octanol–water partition coefficient (Wildman–Crippen LogP) is 13.5. The Morgan fingerprint density at radius 3 is 1.56 bits per heavy atom. The molecular weight excluding hydrogens is 709 g/mol. The van der Waals surface area contributed by atoms with Crippen LogP contribution in [0.1, 0.15) is 206 Å². The van der Waals surface area contributed by atoms with Crippen molar-refractivity contribution in [2.24, 2.45) is 5.73 Å². The highest BCUT2D eigenvalue weighted by atomic mass is 16.5. The summed E-state index contributed by atoms with van der Waals surface area (Å²) in [6.45, 7) is 4.82. The van der Waals surface area contributed by atoms with Crippen molar-refractivity contribution in [2.75, 3.05) is 6.54 Å². The molecule has 0 bridgehead atoms. The van der Waals surface area contributed by atoms with Crippen LogP contribution in [-0.4, -0.2) is 41.6 Å². The summed E-state index contributed by atoms with van der Waals surface area (Å²) >= 11 is 0. The summed E-state index contributed by atoms with van der Waals surface area (Å²) in [5.74, 6) is -1.29. The lowest BCUT2D eigenvalue weighted by Gasteiger charge is -2.15. The Hall–Kier alpha value is -3.19. The van der Waals surface area contributed by atoms with Crippen molar-refractivity contribution in [3.8, 4) is 0 Å². The molecule has 2 atom stereocenters. The number of hydrogen-bond acceptors (Lipinski definition) is 5. The first-order chi connectivity index (χ1) is 27.9. The van der Waals surface area contributed by atoms with E-state index in [-0.39, 0.29) is 18.0 Å². The van der Waals surface area contributed by atoms with E-state index < -0.39 is 12.0 Å². The van der Waals surface area contributed by atoms with Crippen molar-refractivity contribution in [3.05, 3.63) is 72.9 Å². The minimum atomic E-state index is -1.01. The quantitative estimate of drug-likeness (QED) is 0.0322. The van der Waals surface area contributed by atoms with Crippen LogP contribution in [0.25, 0.3) is 0 Å². The first-order valence-corrected chi connectivity index (χ1v) is 23.3. The van der Waals surface area contributed by atoms with Gasteiger partial charge in [-0.3, -0.25) is 9.59 Å². The molecule has 2 unspecified atom stereocenters. The second-order valence-electron chi connectivity index (χ2n) is 15.4. The molecule has 57 heavy (non-hydrogen) atoms. The maximum atomic E-state index is 12.8. The van der Waals surface area contributed by atoms with Crippen LogP contribution >= 0.6 is 0 Å². The van der Waals surface area contributed by atoms with Gasteiger partial charge in [0.05, 0.1) is 0 Å². The van der Waals surface area contributed by atoms with Gasteiger partial charge >= 0.3 is 11.9 Å². The largest absolute Gasteiger partial charge is 0.480 e. The molecule has 0 aliphatic heterocycles. The highest BCUT2D eigenvalue weighted by Crippen LogP contribution is 2.16. The van der Waals surface area contributed by atoms with Gasteiger partial charge in [-0.1, -0.05) is 164 Å². The number of amides is 1. The molecule has 0 aliphatic carbocycles. The first-order valence-electron chi connectivity index (χ1n) is 23.3. The summed E-state index contributed by atoms with van der Waals surface area (Å²) in [6.07, 6.45) is 56.8. The molecule has 0 radical (unpaired) electrons. The number of hydrogen-bond donors (Lipinski definition) is 3. The lowest BCUT2D eigenvalue weighted by atomic mass is 10.0. The number of carboxylic acids is 1. The zero-order chi connectivity index (χ0) is 41.7. The summed E-state index contributed by atoms with van der Waals surface area (Å²) in [4.78, 5) is 36.3. The van der Waals surface area contributed by atoms with Gasteiger partial charge in [0.1, 0.15) is 12.1 Å². The van der Waals surface area contributed by atoms with Gasteiger partial charge in [0.2, 0.25) is 5.91 Å². The highest BCUT2D eigenvalue weighted by molar-refractivity contribution is 5.83. The molecule has 1 amide bonds. The summed E-state index contributed by atoms with van der Waals surface area (Å²) in [7, 11) is 0. The number of nitrogens with one attached hydrogen (secondary N) is 1. The Bertz CT molecular complexity index is 1120. The third-order valence-corrected chi connectivity index (χ3v) is 9.99. The fourth-order valence-corrected chi connectivity index (χ4v) is 6.50. The summed E-state index contributed by atoms with van der Waals surface area (Å²) in [5, 5.41) is 11.9. The number of carbonyl (C=O) groups is 3. The van der Waals surface area contributed by atoms with E-state index in [1.54, 1.807) is 0 Å². The summed E-state index contributed by atoms with van der Waals surface area (Å²) < 4.78 is 5.97. The molecule has 0 saturated carbocycles. The smallest absolute Gasteiger partial charge is 0.326 e. The number of nitrogens with two attached hydrogens (primary N) is 1. The van der Waals surface area contributed by atoms with E-state index in [9.17, 15) is 19.5 Å². The molecule has 4 N–H and O–H groups in total. The third-order valence-electron chi connectivity index (χ3n) is 9.99. The highest BCUT2D eigenvalue weighted by Gasteiger charge is 2.18. The molecule has 0 fully saturated rings. The molecule has 0 spiro atoms. The van der Waals surface area contributed by atoms with Crippen molar-refractivity contribution >= 4 is 17.8 Å². The van der Waals surface area contributed by atoms with E-state index >= 15 is 0 Å². The molecule has 0 aromatic rings. The number of unbranched alkanes of at least 4 members (excludes halogenated alkanes) is 17. The molecule has 0 aromatic carbocycles. The van der Waals surface area contributed by atoms with Crippen LogP contribution in [0.15, 0.2) is 72.9 Å². The SMILES string of the molecule is CC/C=C\C/C=C\C/C=C\C/C=C\C/C=C\CCCCCCCC(=O)OC(/C=C\CCCCCCCCC)CCCCCCCCC(=O)NC(CCCN)C(=O)O. The van der Waals surface area contributed by atoms with Gasteiger partial charge in [-0.2, -0.15) is 0 Å². The van der Waals surface area contributed by atoms with E-state index in [4.69, 9.17) is 10.5 Å². The standard InChI is InChI=1S/C50H86N2O5/c1-3-5-7-9-11-13-14-15-16-17-18-19-20-21-22-23-24-26-28-34-38-44-49(54)57-46(40-35-31-27-25-12-10-8-6-4-2)41-36-32-29-30-33-37-43-48(53)52-47(50(55)56)42-39-45-51/h5,7,11,13,15-16,18-19,21-22,35,40,46-47H,3-4,6,8-10,12,14,17,20,23-34,36-39,41-45,51H2,1-2H3,(H,52,53)(H,55,56)/b7-5-,13-11-,16-15-,19-18-,22-21-,40-35-. The van der Waals surface area contributed by atoms with Gasteiger partial charge in [-0.25, -0.2) is 4.79 Å². The Morgan fingerprint density at radius 1 is 0.544 bits per heavy atom. The summed E-state index contributed by atoms with van der Waals surface area (Å²) in [5.41, 5.74) is 5.48. The van der Waals surface area contributed by atoms with Crippen LogP contribution in [0.2, 0.25) is 0 Å². The fourth-order valence-electron chi connectivity index (χ4n) is 6.50. The fraction of sp³-hybridized carbons (Fsp3) is 0.700. The molecule has 0 aliphatic rings. The number of allylic oxidation sites excluding steroid dienone is 11. The summed E-state index contributed by atoms with van der Waals surface area (Å²) in [6, 6.07) is -0.858. The normalized spacial score (nSPS) is 13.3. The number of carbonyl (C=O) groups excluding carboxylic acids is 2. The van der Waals surface area contributed by atoms with Crippen LogP contribution in [0, 0.1) is 0 Å². The zero-order valence-corrected chi connectivity index (χ0v) is 36.7. The van der Waals surface area contributed by atoms with E-state index in [1.807, 2.05) is 0 Å². The van der Waals surface area contributed by atoms with Gasteiger partial charge in [-0.05, 0) is 109 Å². The van der Waals surface area contributed by atoms with Crippen LogP contribution in [0.3, 0.4) is 0 Å². The molecule has 0 heterocycles. The van der Waals surface area contributed by atoms with E-state index in [1.165, 1.54) is 57.8 Å². The Kier molecular flexibility index (Phi) is 41.5. The topological polar surface area (TPSA) is 119 Å². The lowest BCUT2D eigenvalue weighted by molar-refractivity contribution is -0.147. The monoisotopic (exact) mass is 795 g/mol.